The molecule has 120 valence electrons. The van der Waals surface area contributed by atoms with Gasteiger partial charge < -0.3 is 0 Å². The van der Waals surface area contributed by atoms with Gasteiger partial charge in [0.1, 0.15) is 5.15 Å². The van der Waals surface area contributed by atoms with Gasteiger partial charge in [0.15, 0.2) is 4.34 Å². The van der Waals surface area contributed by atoms with Gasteiger partial charge in [-0.25, -0.2) is 9.97 Å². The van der Waals surface area contributed by atoms with Gasteiger partial charge in [-0.2, -0.15) is 0 Å². The maximum Gasteiger partial charge on any atom is 0.151 e. The van der Waals surface area contributed by atoms with Crippen LogP contribution in [0.5, 0.6) is 0 Å². The number of hydrogen-bond acceptors (Lipinski definition) is 5. The summed E-state index contributed by atoms with van der Waals surface area (Å²) in [5.74, 6) is 0.770. The molecule has 0 spiro atoms. The SMILES string of the molecule is CSc1ccc2cc(CSc3nc4ccccc4s3)c(Cl)nc2c1. The van der Waals surface area contributed by atoms with Crippen molar-refractivity contribution in [3.8, 4) is 0 Å². The number of halogens is 1. The Labute approximate surface area is 157 Å². The lowest BCUT2D eigenvalue weighted by Gasteiger charge is -2.06. The van der Waals surface area contributed by atoms with E-state index in [2.05, 4.69) is 46.6 Å². The van der Waals surface area contributed by atoms with E-state index >= 15 is 0 Å². The van der Waals surface area contributed by atoms with Crippen molar-refractivity contribution < 1.29 is 0 Å². The van der Waals surface area contributed by atoms with Crippen molar-refractivity contribution in [1.82, 2.24) is 9.97 Å². The summed E-state index contributed by atoms with van der Waals surface area (Å²) in [4.78, 5) is 10.4. The molecule has 0 aliphatic heterocycles. The third-order valence-corrected chi connectivity index (χ3v) is 6.96. The van der Waals surface area contributed by atoms with Crippen molar-refractivity contribution in [2.24, 2.45) is 0 Å². The topological polar surface area (TPSA) is 25.8 Å². The second kappa shape index (κ2) is 6.92. The minimum Gasteiger partial charge on any atom is -0.236 e. The average Bonchev–Trinajstić information content (AvgIpc) is 3.02. The van der Waals surface area contributed by atoms with Crippen molar-refractivity contribution >= 4 is 67.6 Å². The Kier molecular flexibility index (Phi) is 4.68. The lowest BCUT2D eigenvalue weighted by Crippen LogP contribution is -1.89. The molecule has 4 rings (SSSR count). The monoisotopic (exact) mass is 388 g/mol. The largest absolute Gasteiger partial charge is 0.236 e. The van der Waals surface area contributed by atoms with Crippen molar-refractivity contribution in [3.05, 3.63) is 59.2 Å². The predicted octanol–water partition coefficient (Wildman–Crippen LogP) is 6.51. The molecule has 2 nitrogen and oxygen atoms in total. The minimum atomic E-state index is 0.578. The van der Waals surface area contributed by atoms with Gasteiger partial charge >= 0.3 is 0 Å². The third kappa shape index (κ3) is 3.26. The first-order valence-corrected chi connectivity index (χ1v) is 10.7. The maximum atomic E-state index is 6.40. The molecule has 0 radical (unpaired) electrons. The summed E-state index contributed by atoms with van der Waals surface area (Å²) in [7, 11) is 0. The highest BCUT2D eigenvalue weighted by atomic mass is 35.5. The molecule has 2 aromatic carbocycles. The molecule has 0 saturated heterocycles. The number of para-hydroxylation sites is 1. The van der Waals surface area contributed by atoms with Gasteiger partial charge in [-0.1, -0.05) is 41.6 Å². The molecule has 0 fully saturated rings. The van der Waals surface area contributed by atoms with E-state index in [-0.39, 0.29) is 0 Å². The number of pyridine rings is 1. The number of rotatable bonds is 4. The molecular formula is C18H13ClN2S3. The number of aromatic nitrogens is 2. The molecule has 2 heterocycles. The van der Waals surface area contributed by atoms with Gasteiger partial charge in [0.2, 0.25) is 0 Å². The van der Waals surface area contributed by atoms with Crippen LogP contribution in [-0.4, -0.2) is 16.2 Å². The van der Waals surface area contributed by atoms with Crippen molar-refractivity contribution in [3.63, 3.8) is 0 Å². The fraction of sp³-hybridized carbons (Fsp3) is 0.111. The molecule has 0 aliphatic rings. The zero-order valence-corrected chi connectivity index (χ0v) is 16.0. The Morgan fingerprint density at radius 1 is 1.04 bits per heavy atom. The van der Waals surface area contributed by atoms with Crippen LogP contribution in [0, 0.1) is 0 Å². The van der Waals surface area contributed by atoms with E-state index < -0.39 is 0 Å². The Bertz CT molecular complexity index is 996. The van der Waals surface area contributed by atoms with Crippen LogP contribution in [0.4, 0.5) is 0 Å². The fourth-order valence-corrected chi connectivity index (χ4v) is 5.21. The second-order valence-electron chi connectivity index (χ2n) is 5.23. The Hall–Kier alpha value is -1.27. The highest BCUT2D eigenvalue weighted by Gasteiger charge is 2.09. The molecule has 0 bridgehead atoms. The summed E-state index contributed by atoms with van der Waals surface area (Å²) in [6, 6.07) is 16.6. The highest BCUT2D eigenvalue weighted by Crippen LogP contribution is 2.33. The highest BCUT2D eigenvalue weighted by molar-refractivity contribution is 8.00. The van der Waals surface area contributed by atoms with Crippen LogP contribution in [0.25, 0.3) is 21.1 Å². The lowest BCUT2D eigenvalue weighted by atomic mass is 10.2. The third-order valence-electron chi connectivity index (χ3n) is 3.68. The van der Waals surface area contributed by atoms with Gasteiger partial charge in [0, 0.05) is 21.6 Å². The van der Waals surface area contributed by atoms with E-state index in [4.69, 9.17) is 11.6 Å². The summed E-state index contributed by atoms with van der Waals surface area (Å²) < 4.78 is 2.28. The zero-order valence-electron chi connectivity index (χ0n) is 12.8. The van der Waals surface area contributed by atoms with Crippen LogP contribution in [0.2, 0.25) is 5.15 Å². The zero-order chi connectivity index (χ0) is 16.5. The smallest absolute Gasteiger partial charge is 0.151 e. The second-order valence-corrected chi connectivity index (χ2v) is 8.72. The molecule has 0 aliphatic carbocycles. The summed E-state index contributed by atoms with van der Waals surface area (Å²) in [5.41, 5.74) is 3.04. The summed E-state index contributed by atoms with van der Waals surface area (Å²) in [6.45, 7) is 0. The average molecular weight is 389 g/mol. The van der Waals surface area contributed by atoms with Crippen LogP contribution >= 0.6 is 46.5 Å². The molecule has 4 aromatic rings. The van der Waals surface area contributed by atoms with Crippen LogP contribution in [0.1, 0.15) is 5.56 Å². The van der Waals surface area contributed by atoms with Crippen molar-refractivity contribution in [1.29, 1.82) is 0 Å². The summed E-state index contributed by atoms with van der Waals surface area (Å²) in [5, 5.41) is 1.70. The summed E-state index contributed by atoms with van der Waals surface area (Å²) >= 11 is 11.5. The fourth-order valence-electron chi connectivity index (χ4n) is 2.45. The van der Waals surface area contributed by atoms with E-state index in [0.29, 0.717) is 5.15 Å². The number of hydrogen-bond donors (Lipinski definition) is 0. The predicted molar refractivity (Wildman–Crippen MR) is 108 cm³/mol. The molecule has 0 N–H and O–H groups in total. The summed E-state index contributed by atoms with van der Waals surface area (Å²) in [6.07, 6.45) is 2.06. The van der Waals surface area contributed by atoms with E-state index in [1.54, 1.807) is 34.9 Å². The molecule has 2 aromatic heterocycles. The molecule has 24 heavy (non-hydrogen) atoms. The molecule has 0 atom stereocenters. The van der Waals surface area contributed by atoms with Gasteiger partial charge in [0.05, 0.1) is 15.7 Å². The first-order chi connectivity index (χ1) is 11.7. The van der Waals surface area contributed by atoms with E-state index in [0.717, 1.165) is 32.1 Å². The van der Waals surface area contributed by atoms with Gasteiger partial charge in [-0.15, -0.1) is 23.1 Å². The first-order valence-electron chi connectivity index (χ1n) is 7.34. The van der Waals surface area contributed by atoms with E-state index in [1.165, 1.54) is 9.60 Å². The van der Waals surface area contributed by atoms with Gasteiger partial charge in [-0.05, 0) is 36.6 Å². The van der Waals surface area contributed by atoms with Gasteiger partial charge in [-0.3, -0.25) is 0 Å². The van der Waals surface area contributed by atoms with Crippen molar-refractivity contribution in [2.75, 3.05) is 6.26 Å². The Balaban J connectivity index is 1.60. The lowest BCUT2D eigenvalue weighted by molar-refractivity contribution is 1.27. The number of nitrogens with zero attached hydrogens (tertiary/aromatic N) is 2. The van der Waals surface area contributed by atoms with Gasteiger partial charge in [0.25, 0.3) is 0 Å². The number of benzene rings is 2. The van der Waals surface area contributed by atoms with E-state index in [9.17, 15) is 0 Å². The molecule has 0 saturated carbocycles. The van der Waals surface area contributed by atoms with Crippen LogP contribution in [-0.2, 0) is 5.75 Å². The number of thiazole rings is 1. The Morgan fingerprint density at radius 3 is 2.75 bits per heavy atom. The Morgan fingerprint density at radius 2 is 1.92 bits per heavy atom. The standard InChI is InChI=1S/C18H13ClN2S3/c1-22-13-7-6-11-8-12(17(19)20-15(11)9-13)10-23-18-21-14-4-2-3-5-16(14)24-18/h2-9H,10H2,1H3. The molecule has 0 unspecified atom stereocenters. The maximum absolute atomic E-state index is 6.40. The molecule has 6 heteroatoms. The van der Waals surface area contributed by atoms with Crippen LogP contribution in [0.3, 0.4) is 0 Å². The van der Waals surface area contributed by atoms with Crippen molar-refractivity contribution in [2.45, 2.75) is 15.0 Å². The molecule has 0 amide bonds. The minimum absolute atomic E-state index is 0.578. The molecular weight excluding hydrogens is 376 g/mol. The number of thioether (sulfide) groups is 2. The normalized spacial score (nSPS) is 11.4. The first kappa shape index (κ1) is 16.2. The van der Waals surface area contributed by atoms with Crippen LogP contribution < -0.4 is 0 Å². The quantitative estimate of drug-likeness (QED) is 0.294. The van der Waals surface area contributed by atoms with Crippen LogP contribution in [0.15, 0.2) is 57.8 Å². The number of fused-ring (bicyclic) bond motifs is 2. The van der Waals surface area contributed by atoms with E-state index in [1.807, 2.05) is 18.2 Å².